The third-order valence-electron chi connectivity index (χ3n) is 1.59. The van der Waals surface area contributed by atoms with Crippen LogP contribution in [0.15, 0.2) is 24.3 Å². The highest BCUT2D eigenvalue weighted by atomic mass is 19.4. The van der Waals surface area contributed by atoms with Crippen molar-refractivity contribution in [3.63, 3.8) is 0 Å². The Balaban J connectivity index is 2.86. The number of alkyl halides is 3. The van der Waals surface area contributed by atoms with E-state index in [1.54, 1.807) is 0 Å². The Kier molecular flexibility index (Phi) is 3.32. The Morgan fingerprint density at radius 1 is 1.12 bits per heavy atom. The van der Waals surface area contributed by atoms with E-state index in [2.05, 4.69) is 5.92 Å². The molecule has 1 aromatic rings. The minimum Gasteiger partial charge on any atom is -0.275 e. The van der Waals surface area contributed by atoms with Crippen LogP contribution in [0.2, 0.25) is 0 Å². The summed E-state index contributed by atoms with van der Waals surface area (Å²) in [5.41, 5.74) is 0.615. The molecule has 1 rings (SSSR count). The summed E-state index contributed by atoms with van der Waals surface area (Å²) >= 11 is 0. The summed E-state index contributed by atoms with van der Waals surface area (Å²) in [7, 11) is 0. The predicted molar refractivity (Wildman–Crippen MR) is 49.1 cm³/mol. The van der Waals surface area contributed by atoms with E-state index in [4.69, 9.17) is 5.26 Å². The van der Waals surface area contributed by atoms with Crippen LogP contribution in [0, 0.1) is 23.2 Å². The summed E-state index contributed by atoms with van der Waals surface area (Å²) in [5, 5.41) is 8.46. The topological polar surface area (TPSA) is 40.9 Å². The number of hydrogen-bond acceptors (Lipinski definition) is 2. The van der Waals surface area contributed by atoms with Crippen LogP contribution in [-0.4, -0.2) is 12.0 Å². The van der Waals surface area contributed by atoms with E-state index >= 15 is 0 Å². The van der Waals surface area contributed by atoms with Gasteiger partial charge in [0.25, 0.3) is 0 Å². The fraction of sp³-hybridized carbons (Fsp3) is 0.0909. The lowest BCUT2D eigenvalue weighted by molar-refractivity contribution is -0.164. The van der Waals surface area contributed by atoms with Gasteiger partial charge >= 0.3 is 12.0 Å². The molecule has 0 aliphatic carbocycles. The highest BCUT2D eigenvalue weighted by molar-refractivity contribution is 6.00. The van der Waals surface area contributed by atoms with Crippen molar-refractivity contribution >= 4 is 5.78 Å². The highest BCUT2D eigenvalue weighted by Gasteiger charge is 2.37. The molecule has 0 spiro atoms. The van der Waals surface area contributed by atoms with Gasteiger partial charge in [-0.15, -0.1) is 0 Å². The van der Waals surface area contributed by atoms with Gasteiger partial charge in [-0.25, -0.2) is 0 Å². The molecule has 0 N–H and O–H groups in total. The lowest BCUT2D eigenvalue weighted by Gasteiger charge is -1.96. The number of nitriles is 1. The highest BCUT2D eigenvalue weighted by Crippen LogP contribution is 2.15. The molecule has 80 valence electrons. The molecule has 0 amide bonds. The Labute approximate surface area is 89.3 Å². The standard InChI is InChI=1S/C11H4F3NO/c12-11(13,14)10(16)6-5-8-1-3-9(7-15)4-2-8/h1-4H. The van der Waals surface area contributed by atoms with Crippen LogP contribution in [-0.2, 0) is 4.79 Å². The molecule has 0 unspecified atom stereocenters. The summed E-state index contributed by atoms with van der Waals surface area (Å²) in [6.07, 6.45) is -4.93. The van der Waals surface area contributed by atoms with E-state index in [0.717, 1.165) is 0 Å². The van der Waals surface area contributed by atoms with E-state index in [-0.39, 0.29) is 5.56 Å². The van der Waals surface area contributed by atoms with Crippen molar-refractivity contribution < 1.29 is 18.0 Å². The number of Topliss-reactive ketones (excluding diaryl/α,β-unsaturated/α-hetero) is 1. The monoisotopic (exact) mass is 223 g/mol. The maximum atomic E-state index is 11.8. The van der Waals surface area contributed by atoms with Crippen molar-refractivity contribution in [1.29, 1.82) is 5.26 Å². The summed E-state index contributed by atoms with van der Waals surface area (Å²) < 4.78 is 35.3. The molecule has 0 radical (unpaired) electrons. The molecule has 16 heavy (non-hydrogen) atoms. The Bertz CT molecular complexity index is 497. The van der Waals surface area contributed by atoms with Crippen molar-refractivity contribution in [3.8, 4) is 17.9 Å². The van der Waals surface area contributed by atoms with Gasteiger partial charge in [-0.1, -0.05) is 5.92 Å². The van der Waals surface area contributed by atoms with Gasteiger partial charge in [0.2, 0.25) is 0 Å². The van der Waals surface area contributed by atoms with Gasteiger partial charge in [-0.2, -0.15) is 18.4 Å². The zero-order valence-electron chi connectivity index (χ0n) is 7.80. The molecule has 0 aliphatic heterocycles. The first kappa shape index (κ1) is 11.8. The smallest absolute Gasteiger partial charge is 0.275 e. The van der Waals surface area contributed by atoms with Crippen molar-refractivity contribution in [2.75, 3.05) is 0 Å². The molecule has 0 fully saturated rings. The van der Waals surface area contributed by atoms with Crippen LogP contribution in [0.25, 0.3) is 0 Å². The minimum atomic E-state index is -4.93. The second-order valence-corrected chi connectivity index (χ2v) is 2.77. The second-order valence-electron chi connectivity index (χ2n) is 2.77. The SMILES string of the molecule is N#Cc1ccc(C#CC(=O)C(F)(F)F)cc1. The molecule has 0 heterocycles. The first-order valence-corrected chi connectivity index (χ1v) is 4.07. The van der Waals surface area contributed by atoms with Gasteiger partial charge in [-0.05, 0) is 30.2 Å². The first-order valence-electron chi connectivity index (χ1n) is 4.07. The first-order chi connectivity index (χ1) is 7.43. The van der Waals surface area contributed by atoms with Crippen LogP contribution >= 0.6 is 0 Å². The third-order valence-corrected chi connectivity index (χ3v) is 1.59. The molecule has 0 aliphatic rings. The van der Waals surface area contributed by atoms with Gasteiger partial charge < -0.3 is 0 Å². The lowest BCUT2D eigenvalue weighted by Crippen LogP contribution is -2.20. The fourth-order valence-corrected chi connectivity index (χ4v) is 0.828. The Hall–Kier alpha value is -2.27. The zero-order chi connectivity index (χ0) is 12.2. The van der Waals surface area contributed by atoms with E-state index in [1.165, 1.54) is 30.2 Å². The molecular formula is C11H4F3NO. The zero-order valence-corrected chi connectivity index (χ0v) is 7.80. The number of benzene rings is 1. The van der Waals surface area contributed by atoms with Crippen LogP contribution in [0.5, 0.6) is 0 Å². The average molecular weight is 223 g/mol. The normalized spacial score (nSPS) is 9.88. The maximum absolute atomic E-state index is 11.8. The second kappa shape index (κ2) is 4.50. The van der Waals surface area contributed by atoms with Crippen molar-refractivity contribution in [1.82, 2.24) is 0 Å². The summed E-state index contributed by atoms with van der Waals surface area (Å²) in [5.74, 6) is 1.47. The molecule has 0 saturated carbocycles. The molecule has 5 heteroatoms. The number of carbonyl (C=O) groups excluding carboxylic acids is 1. The number of ketones is 1. The van der Waals surface area contributed by atoms with Gasteiger partial charge in [0.05, 0.1) is 11.6 Å². The molecule has 0 aromatic heterocycles. The van der Waals surface area contributed by atoms with Crippen LogP contribution in [0.4, 0.5) is 13.2 Å². The quantitative estimate of drug-likeness (QED) is 0.631. The van der Waals surface area contributed by atoms with Crippen LogP contribution in [0.1, 0.15) is 11.1 Å². The Morgan fingerprint density at radius 2 is 1.62 bits per heavy atom. The minimum absolute atomic E-state index is 0.247. The van der Waals surface area contributed by atoms with Crippen molar-refractivity contribution in [3.05, 3.63) is 35.4 Å². The van der Waals surface area contributed by atoms with Crippen LogP contribution in [0.3, 0.4) is 0 Å². The lowest BCUT2D eigenvalue weighted by atomic mass is 10.1. The Morgan fingerprint density at radius 3 is 2.06 bits per heavy atom. The average Bonchev–Trinajstić information content (AvgIpc) is 2.25. The number of halogens is 3. The summed E-state index contributed by atoms with van der Waals surface area (Å²) in [6.45, 7) is 0. The van der Waals surface area contributed by atoms with Gasteiger partial charge in [-0.3, -0.25) is 4.79 Å². The number of nitrogens with zero attached hydrogens (tertiary/aromatic N) is 1. The summed E-state index contributed by atoms with van der Waals surface area (Å²) in [6, 6.07) is 7.40. The molecular weight excluding hydrogens is 219 g/mol. The van der Waals surface area contributed by atoms with Crippen molar-refractivity contribution in [2.24, 2.45) is 0 Å². The van der Waals surface area contributed by atoms with E-state index in [9.17, 15) is 18.0 Å². The molecule has 0 atom stereocenters. The maximum Gasteiger partial charge on any atom is 0.462 e. The number of rotatable bonds is 0. The van der Waals surface area contributed by atoms with E-state index in [0.29, 0.717) is 5.56 Å². The fourth-order valence-electron chi connectivity index (χ4n) is 0.828. The summed E-state index contributed by atoms with van der Waals surface area (Å²) in [4.78, 5) is 10.4. The molecule has 0 saturated heterocycles. The van der Waals surface area contributed by atoms with Crippen LogP contribution < -0.4 is 0 Å². The van der Waals surface area contributed by atoms with Gasteiger partial charge in [0, 0.05) is 5.56 Å². The van der Waals surface area contributed by atoms with E-state index < -0.39 is 12.0 Å². The third kappa shape index (κ3) is 3.14. The molecule has 0 bridgehead atoms. The largest absolute Gasteiger partial charge is 0.462 e. The predicted octanol–water partition coefficient (Wildman–Crippen LogP) is 2.04. The number of hydrogen-bond donors (Lipinski definition) is 0. The van der Waals surface area contributed by atoms with E-state index in [1.807, 2.05) is 6.07 Å². The molecule has 1 aromatic carbocycles. The van der Waals surface area contributed by atoms with Crippen molar-refractivity contribution in [2.45, 2.75) is 6.18 Å². The van der Waals surface area contributed by atoms with Gasteiger partial charge in [0.15, 0.2) is 0 Å². The molecule has 2 nitrogen and oxygen atoms in total. The number of carbonyl (C=O) groups is 1. The van der Waals surface area contributed by atoms with Gasteiger partial charge in [0.1, 0.15) is 0 Å².